The van der Waals surface area contributed by atoms with Crippen molar-refractivity contribution < 1.29 is 26.4 Å². The molecular weight excluding hydrogens is 433 g/mol. The van der Waals surface area contributed by atoms with Crippen molar-refractivity contribution in [3.05, 3.63) is 46.2 Å². The first-order valence-corrected chi connectivity index (χ1v) is 10.5. The standard InChI is InChI=1S/C17H20ClF3N4O3S/c1-11-12(10-23-25-11)3-2-7-22-16(26)6-8-24-29(27,28)13-4-5-15(18)14(9-13)17(19,20)21/h4-5,9-10,24H,2-3,6-8H2,1H3,(H,22,26)(H,23,25). The van der Waals surface area contributed by atoms with Gasteiger partial charge >= 0.3 is 6.18 Å². The number of nitrogens with zero attached hydrogens (tertiary/aromatic N) is 1. The molecule has 0 fully saturated rings. The Labute approximate surface area is 171 Å². The fraction of sp³-hybridized carbons (Fsp3) is 0.412. The predicted molar refractivity (Wildman–Crippen MR) is 101 cm³/mol. The molecule has 12 heteroatoms. The minimum atomic E-state index is -4.78. The van der Waals surface area contributed by atoms with E-state index in [-0.39, 0.29) is 18.9 Å². The van der Waals surface area contributed by atoms with Crippen LogP contribution in [-0.2, 0) is 27.4 Å². The van der Waals surface area contributed by atoms with E-state index in [0.717, 1.165) is 29.8 Å². The first-order valence-electron chi connectivity index (χ1n) is 8.62. The van der Waals surface area contributed by atoms with Crippen LogP contribution < -0.4 is 10.0 Å². The van der Waals surface area contributed by atoms with Crippen LogP contribution in [0.5, 0.6) is 0 Å². The summed E-state index contributed by atoms with van der Waals surface area (Å²) >= 11 is 5.49. The van der Waals surface area contributed by atoms with E-state index in [4.69, 9.17) is 11.6 Å². The van der Waals surface area contributed by atoms with E-state index in [1.54, 1.807) is 6.20 Å². The third-order valence-corrected chi connectivity index (χ3v) is 5.87. The molecule has 160 valence electrons. The van der Waals surface area contributed by atoms with Gasteiger partial charge < -0.3 is 5.32 Å². The highest BCUT2D eigenvalue weighted by molar-refractivity contribution is 7.89. The molecule has 0 saturated heterocycles. The van der Waals surface area contributed by atoms with Crippen molar-refractivity contribution >= 4 is 27.5 Å². The van der Waals surface area contributed by atoms with Gasteiger partial charge in [-0.05, 0) is 43.5 Å². The number of aryl methyl sites for hydroxylation is 2. The fourth-order valence-corrected chi connectivity index (χ4v) is 3.78. The van der Waals surface area contributed by atoms with Gasteiger partial charge in [-0.3, -0.25) is 9.89 Å². The Balaban J connectivity index is 1.80. The van der Waals surface area contributed by atoms with Crippen molar-refractivity contribution in [3.8, 4) is 0 Å². The molecule has 1 aromatic carbocycles. The molecule has 2 aromatic rings. The lowest BCUT2D eigenvalue weighted by molar-refractivity contribution is -0.137. The molecule has 0 unspecified atom stereocenters. The molecule has 0 radical (unpaired) electrons. The Morgan fingerprint density at radius 2 is 2.00 bits per heavy atom. The first-order chi connectivity index (χ1) is 13.5. The van der Waals surface area contributed by atoms with Crippen molar-refractivity contribution in [2.24, 2.45) is 0 Å². The molecule has 0 aliphatic rings. The van der Waals surface area contributed by atoms with Gasteiger partial charge in [0.2, 0.25) is 15.9 Å². The summed E-state index contributed by atoms with van der Waals surface area (Å²) < 4.78 is 65.1. The minimum absolute atomic E-state index is 0.149. The fourth-order valence-electron chi connectivity index (χ4n) is 2.49. The summed E-state index contributed by atoms with van der Waals surface area (Å²) in [5.41, 5.74) is 0.766. The van der Waals surface area contributed by atoms with Crippen molar-refractivity contribution in [1.82, 2.24) is 20.2 Å². The van der Waals surface area contributed by atoms with Crippen molar-refractivity contribution in [3.63, 3.8) is 0 Å². The topological polar surface area (TPSA) is 104 Å². The highest BCUT2D eigenvalue weighted by Crippen LogP contribution is 2.35. The van der Waals surface area contributed by atoms with Crippen LogP contribution in [0.25, 0.3) is 0 Å². The average Bonchev–Trinajstić information content (AvgIpc) is 3.02. The molecule has 0 atom stereocenters. The highest BCUT2D eigenvalue weighted by atomic mass is 35.5. The summed E-state index contributed by atoms with van der Waals surface area (Å²) in [6.07, 6.45) is -1.80. The number of hydrogen-bond donors (Lipinski definition) is 3. The van der Waals surface area contributed by atoms with Crippen molar-refractivity contribution in [2.75, 3.05) is 13.1 Å². The number of carbonyl (C=O) groups excluding carboxylic acids is 1. The van der Waals surface area contributed by atoms with Crippen molar-refractivity contribution in [1.29, 1.82) is 0 Å². The average molecular weight is 453 g/mol. The smallest absolute Gasteiger partial charge is 0.356 e. The number of halogens is 4. The van der Waals surface area contributed by atoms with Gasteiger partial charge in [-0.1, -0.05) is 11.6 Å². The Kier molecular flexibility index (Phi) is 7.66. The van der Waals surface area contributed by atoms with Crippen LogP contribution >= 0.6 is 11.6 Å². The SMILES string of the molecule is Cc1[nH]ncc1CCCNC(=O)CCNS(=O)(=O)c1ccc(Cl)c(C(F)(F)F)c1. The van der Waals surface area contributed by atoms with E-state index in [2.05, 4.69) is 20.2 Å². The zero-order valence-electron chi connectivity index (χ0n) is 15.4. The molecule has 0 saturated carbocycles. The van der Waals surface area contributed by atoms with Crippen LogP contribution in [0.4, 0.5) is 13.2 Å². The number of rotatable bonds is 9. The molecular formula is C17H20ClF3N4O3S. The highest BCUT2D eigenvalue weighted by Gasteiger charge is 2.34. The van der Waals surface area contributed by atoms with Gasteiger partial charge in [-0.15, -0.1) is 0 Å². The number of H-pyrrole nitrogens is 1. The second kappa shape index (κ2) is 9.59. The lowest BCUT2D eigenvalue weighted by Crippen LogP contribution is -2.31. The lowest BCUT2D eigenvalue weighted by atomic mass is 10.1. The normalized spacial score (nSPS) is 12.2. The third-order valence-electron chi connectivity index (χ3n) is 4.08. The van der Waals surface area contributed by atoms with E-state index < -0.39 is 31.7 Å². The molecule has 0 bridgehead atoms. The second-order valence-electron chi connectivity index (χ2n) is 6.26. The Morgan fingerprint density at radius 3 is 2.62 bits per heavy atom. The molecule has 1 aromatic heterocycles. The van der Waals surface area contributed by atoms with Crippen LogP contribution in [0.3, 0.4) is 0 Å². The summed E-state index contributed by atoms with van der Waals surface area (Å²) in [7, 11) is -4.21. The van der Waals surface area contributed by atoms with Crippen LogP contribution in [-0.4, -0.2) is 37.6 Å². The van der Waals surface area contributed by atoms with Gasteiger partial charge in [0.05, 0.1) is 21.7 Å². The maximum Gasteiger partial charge on any atom is 0.417 e. The molecule has 7 nitrogen and oxygen atoms in total. The monoisotopic (exact) mass is 452 g/mol. The lowest BCUT2D eigenvalue weighted by Gasteiger charge is -2.12. The molecule has 0 aliphatic carbocycles. The second-order valence-corrected chi connectivity index (χ2v) is 8.44. The molecule has 0 aliphatic heterocycles. The van der Waals surface area contributed by atoms with Crippen molar-refractivity contribution in [2.45, 2.75) is 37.3 Å². The van der Waals surface area contributed by atoms with Crippen LogP contribution in [0.2, 0.25) is 5.02 Å². The predicted octanol–water partition coefficient (Wildman–Crippen LogP) is 2.81. The Bertz CT molecular complexity index is 961. The Hall–Kier alpha value is -2.11. The summed E-state index contributed by atoms with van der Waals surface area (Å²) in [5.74, 6) is -0.372. The molecule has 0 spiro atoms. The number of amides is 1. The Morgan fingerprint density at radius 1 is 1.28 bits per heavy atom. The number of sulfonamides is 1. The van der Waals surface area contributed by atoms with Gasteiger partial charge in [0.1, 0.15) is 0 Å². The quantitative estimate of drug-likeness (QED) is 0.509. The van der Waals surface area contributed by atoms with Gasteiger partial charge in [0.15, 0.2) is 0 Å². The number of nitrogens with one attached hydrogen (secondary N) is 3. The first kappa shape index (κ1) is 23.2. The summed E-state index contributed by atoms with van der Waals surface area (Å²) in [4.78, 5) is 11.2. The number of carbonyl (C=O) groups is 1. The van der Waals surface area contributed by atoms with Crippen LogP contribution in [0.1, 0.15) is 29.7 Å². The minimum Gasteiger partial charge on any atom is -0.356 e. The van der Waals surface area contributed by atoms with Gasteiger partial charge in [-0.2, -0.15) is 18.3 Å². The molecule has 29 heavy (non-hydrogen) atoms. The summed E-state index contributed by atoms with van der Waals surface area (Å²) in [6.45, 7) is 2.05. The van der Waals surface area contributed by atoms with Crippen LogP contribution in [0, 0.1) is 6.92 Å². The molecule has 1 amide bonds. The third kappa shape index (κ3) is 6.72. The van der Waals surface area contributed by atoms with Gasteiger partial charge in [0, 0.05) is 25.2 Å². The maximum atomic E-state index is 12.9. The van der Waals surface area contributed by atoms with E-state index in [9.17, 15) is 26.4 Å². The maximum absolute atomic E-state index is 12.9. The van der Waals surface area contributed by atoms with Gasteiger partial charge in [-0.25, -0.2) is 13.1 Å². The number of hydrogen-bond acceptors (Lipinski definition) is 4. The van der Waals surface area contributed by atoms with E-state index in [1.807, 2.05) is 6.92 Å². The van der Waals surface area contributed by atoms with E-state index in [0.29, 0.717) is 19.0 Å². The number of alkyl halides is 3. The van der Waals surface area contributed by atoms with Gasteiger partial charge in [0.25, 0.3) is 0 Å². The summed E-state index contributed by atoms with van der Waals surface area (Å²) in [5, 5.41) is 8.78. The zero-order chi connectivity index (χ0) is 21.7. The number of benzene rings is 1. The summed E-state index contributed by atoms with van der Waals surface area (Å²) in [6, 6.07) is 2.30. The molecule has 3 N–H and O–H groups in total. The van der Waals surface area contributed by atoms with Crippen LogP contribution in [0.15, 0.2) is 29.3 Å². The molecule has 1 heterocycles. The van der Waals surface area contributed by atoms with E-state index >= 15 is 0 Å². The number of aromatic amines is 1. The largest absolute Gasteiger partial charge is 0.417 e. The zero-order valence-corrected chi connectivity index (χ0v) is 17.0. The van der Waals surface area contributed by atoms with E-state index in [1.165, 1.54) is 0 Å². The number of aromatic nitrogens is 2. The molecule has 2 rings (SSSR count).